The Morgan fingerprint density at radius 2 is 2.04 bits per heavy atom. The number of nitriles is 1. The zero-order chi connectivity index (χ0) is 19.2. The van der Waals surface area contributed by atoms with Crippen LogP contribution in [-0.2, 0) is 11.2 Å². The first-order chi connectivity index (χ1) is 13.1. The van der Waals surface area contributed by atoms with Crippen molar-refractivity contribution in [2.24, 2.45) is 0 Å². The van der Waals surface area contributed by atoms with Gasteiger partial charge in [-0.2, -0.15) is 10.2 Å². The van der Waals surface area contributed by atoms with Gasteiger partial charge in [0.2, 0.25) is 11.8 Å². The number of carbonyl (C=O) groups is 1. The molecule has 0 bridgehead atoms. The van der Waals surface area contributed by atoms with E-state index in [1.54, 1.807) is 28.8 Å². The number of hydrogen-bond donors (Lipinski definition) is 2. The summed E-state index contributed by atoms with van der Waals surface area (Å²) >= 11 is 1.14. The minimum absolute atomic E-state index is 0.0720. The fraction of sp³-hybridized carbons (Fsp3) is 0.368. The van der Waals surface area contributed by atoms with Crippen LogP contribution in [0, 0.1) is 11.3 Å². The van der Waals surface area contributed by atoms with Crippen molar-refractivity contribution >= 4 is 23.4 Å². The van der Waals surface area contributed by atoms with E-state index in [4.69, 9.17) is 5.26 Å². The molecular weight excluding hydrogens is 364 g/mol. The molecule has 0 spiro atoms. The summed E-state index contributed by atoms with van der Waals surface area (Å²) in [6, 6.07) is 10.3. The Morgan fingerprint density at radius 1 is 1.33 bits per heavy atom. The first-order valence-electron chi connectivity index (χ1n) is 8.78. The fourth-order valence-electron chi connectivity index (χ4n) is 3.18. The fourth-order valence-corrected chi connectivity index (χ4v) is 4.05. The highest BCUT2D eigenvalue weighted by Crippen LogP contribution is 2.31. The highest BCUT2D eigenvalue weighted by Gasteiger charge is 2.22. The van der Waals surface area contributed by atoms with Gasteiger partial charge in [0.15, 0.2) is 5.16 Å². The maximum atomic E-state index is 12.3. The van der Waals surface area contributed by atoms with Gasteiger partial charge in [-0.25, -0.2) is 0 Å². The van der Waals surface area contributed by atoms with Gasteiger partial charge in [0.25, 0.3) is 5.56 Å². The SMILES string of the molecule is N#CCc1ccc(NC(=O)CSc2nc(O)cc(=O)n2C2CCCC2)cc1. The van der Waals surface area contributed by atoms with Crippen LogP contribution < -0.4 is 10.9 Å². The maximum Gasteiger partial charge on any atom is 0.258 e. The number of rotatable bonds is 6. The summed E-state index contributed by atoms with van der Waals surface area (Å²) < 4.78 is 1.60. The molecule has 1 fully saturated rings. The van der Waals surface area contributed by atoms with Crippen LogP contribution in [0.15, 0.2) is 40.3 Å². The van der Waals surface area contributed by atoms with Gasteiger partial charge >= 0.3 is 0 Å². The van der Waals surface area contributed by atoms with Crippen LogP contribution in [0.1, 0.15) is 37.3 Å². The van der Waals surface area contributed by atoms with Crippen LogP contribution in [-0.4, -0.2) is 26.3 Å². The molecule has 2 aromatic rings. The normalized spacial score (nSPS) is 14.0. The Hall–Kier alpha value is -2.79. The number of anilines is 1. The first kappa shape index (κ1) is 19.0. The number of carbonyl (C=O) groups excluding carboxylic acids is 1. The van der Waals surface area contributed by atoms with Crippen LogP contribution in [0.3, 0.4) is 0 Å². The minimum atomic E-state index is -0.328. The molecular formula is C19H20N4O3S. The number of amides is 1. The highest BCUT2D eigenvalue weighted by atomic mass is 32.2. The van der Waals surface area contributed by atoms with E-state index >= 15 is 0 Å². The van der Waals surface area contributed by atoms with E-state index in [2.05, 4.69) is 16.4 Å². The second-order valence-electron chi connectivity index (χ2n) is 6.41. The van der Waals surface area contributed by atoms with E-state index in [0.717, 1.165) is 49.1 Å². The average Bonchev–Trinajstić information content (AvgIpc) is 3.15. The molecule has 2 N–H and O–H groups in total. The predicted molar refractivity (Wildman–Crippen MR) is 103 cm³/mol. The molecule has 1 aromatic carbocycles. The molecule has 3 rings (SSSR count). The van der Waals surface area contributed by atoms with Crippen molar-refractivity contribution in [1.29, 1.82) is 5.26 Å². The number of thioether (sulfide) groups is 1. The Kier molecular flexibility index (Phi) is 6.14. The second kappa shape index (κ2) is 8.73. The van der Waals surface area contributed by atoms with Crippen molar-refractivity contribution in [2.75, 3.05) is 11.1 Å². The predicted octanol–water partition coefficient (Wildman–Crippen LogP) is 2.86. The Morgan fingerprint density at radius 3 is 2.70 bits per heavy atom. The van der Waals surface area contributed by atoms with Gasteiger partial charge in [0, 0.05) is 11.7 Å². The lowest BCUT2D eigenvalue weighted by Gasteiger charge is -2.17. The molecule has 1 aliphatic carbocycles. The van der Waals surface area contributed by atoms with E-state index in [1.165, 1.54) is 0 Å². The van der Waals surface area contributed by atoms with Crippen molar-refractivity contribution < 1.29 is 9.90 Å². The summed E-state index contributed by atoms with van der Waals surface area (Å²) in [5, 5.41) is 21.5. The molecule has 140 valence electrons. The van der Waals surface area contributed by atoms with E-state index in [9.17, 15) is 14.7 Å². The molecule has 0 radical (unpaired) electrons. The summed E-state index contributed by atoms with van der Waals surface area (Å²) in [6.07, 6.45) is 4.25. The number of nitrogens with zero attached hydrogens (tertiary/aromatic N) is 3. The second-order valence-corrected chi connectivity index (χ2v) is 7.35. The number of benzene rings is 1. The summed E-state index contributed by atoms with van der Waals surface area (Å²) in [5.41, 5.74) is 1.24. The zero-order valence-corrected chi connectivity index (χ0v) is 15.5. The quantitative estimate of drug-likeness (QED) is 0.586. The van der Waals surface area contributed by atoms with Gasteiger partial charge < -0.3 is 10.4 Å². The molecule has 1 amide bonds. The molecule has 1 saturated carbocycles. The van der Waals surface area contributed by atoms with E-state index in [1.807, 2.05) is 0 Å². The number of hydrogen-bond acceptors (Lipinski definition) is 6. The third-order valence-corrected chi connectivity index (χ3v) is 5.40. The lowest BCUT2D eigenvalue weighted by Crippen LogP contribution is -2.26. The minimum Gasteiger partial charge on any atom is -0.493 e. The Bertz CT molecular complexity index is 912. The number of aromatic nitrogens is 2. The summed E-state index contributed by atoms with van der Waals surface area (Å²) in [5.74, 6) is -0.489. The zero-order valence-electron chi connectivity index (χ0n) is 14.7. The van der Waals surface area contributed by atoms with Crippen molar-refractivity contribution in [1.82, 2.24) is 9.55 Å². The number of aromatic hydroxyl groups is 1. The van der Waals surface area contributed by atoms with Crippen molar-refractivity contribution in [3.63, 3.8) is 0 Å². The largest absolute Gasteiger partial charge is 0.493 e. The maximum absolute atomic E-state index is 12.3. The molecule has 1 aromatic heterocycles. The molecule has 0 saturated heterocycles. The molecule has 0 unspecified atom stereocenters. The van der Waals surface area contributed by atoms with Crippen molar-refractivity contribution in [2.45, 2.75) is 43.3 Å². The number of nitrogens with one attached hydrogen (secondary N) is 1. The van der Waals surface area contributed by atoms with Crippen LogP contribution in [0.2, 0.25) is 0 Å². The lowest BCUT2D eigenvalue weighted by molar-refractivity contribution is -0.113. The third kappa shape index (κ3) is 4.89. The molecule has 0 aliphatic heterocycles. The van der Waals surface area contributed by atoms with Gasteiger partial charge in [0.1, 0.15) is 0 Å². The lowest BCUT2D eigenvalue weighted by atomic mass is 10.1. The topological polar surface area (TPSA) is 108 Å². The monoisotopic (exact) mass is 384 g/mol. The van der Waals surface area contributed by atoms with Gasteiger partial charge in [-0.05, 0) is 30.5 Å². The van der Waals surface area contributed by atoms with E-state index in [-0.39, 0.29) is 29.1 Å². The molecule has 7 nitrogen and oxygen atoms in total. The Labute approximate surface area is 161 Å². The summed E-state index contributed by atoms with van der Waals surface area (Å²) in [7, 11) is 0. The molecule has 8 heteroatoms. The van der Waals surface area contributed by atoms with Gasteiger partial charge in [-0.1, -0.05) is 36.7 Å². The average molecular weight is 384 g/mol. The third-order valence-electron chi connectivity index (χ3n) is 4.45. The van der Waals surface area contributed by atoms with E-state index in [0.29, 0.717) is 17.3 Å². The van der Waals surface area contributed by atoms with Gasteiger partial charge in [-0.15, -0.1) is 0 Å². The first-order valence-corrected chi connectivity index (χ1v) is 9.76. The standard InChI is InChI=1S/C19H20N4O3S/c20-10-9-13-5-7-14(8-6-13)21-17(25)12-27-19-22-16(24)11-18(26)23(19)15-3-1-2-4-15/h5-8,11,15,24H,1-4,9,12H2,(H,21,25). The van der Waals surface area contributed by atoms with Crippen LogP contribution in [0.5, 0.6) is 5.88 Å². The molecule has 27 heavy (non-hydrogen) atoms. The molecule has 0 atom stereocenters. The molecule has 1 aliphatic rings. The molecule has 1 heterocycles. The summed E-state index contributed by atoms with van der Waals surface area (Å²) in [4.78, 5) is 28.6. The summed E-state index contributed by atoms with van der Waals surface area (Å²) in [6.45, 7) is 0. The van der Waals surface area contributed by atoms with Gasteiger partial charge in [0.05, 0.1) is 24.3 Å². The highest BCUT2D eigenvalue weighted by molar-refractivity contribution is 7.99. The van der Waals surface area contributed by atoms with Crippen LogP contribution >= 0.6 is 11.8 Å². The van der Waals surface area contributed by atoms with Crippen LogP contribution in [0.4, 0.5) is 5.69 Å². The van der Waals surface area contributed by atoms with Crippen molar-refractivity contribution in [3.05, 3.63) is 46.2 Å². The van der Waals surface area contributed by atoms with E-state index < -0.39 is 0 Å². The van der Waals surface area contributed by atoms with Crippen molar-refractivity contribution in [3.8, 4) is 11.9 Å². The van der Waals surface area contributed by atoms with Gasteiger partial charge in [-0.3, -0.25) is 14.2 Å². The smallest absolute Gasteiger partial charge is 0.258 e. The van der Waals surface area contributed by atoms with Crippen LogP contribution in [0.25, 0.3) is 0 Å². The Balaban J connectivity index is 1.66.